The number of fused-ring (bicyclic) bond motifs is 1. The van der Waals surface area contributed by atoms with E-state index in [2.05, 4.69) is 9.97 Å². The van der Waals surface area contributed by atoms with Gasteiger partial charge in [-0.2, -0.15) is 13.2 Å². The summed E-state index contributed by atoms with van der Waals surface area (Å²) in [5.74, 6) is 0. The molecule has 2 amide bonds. The van der Waals surface area contributed by atoms with Crippen molar-refractivity contribution in [1.29, 1.82) is 0 Å². The van der Waals surface area contributed by atoms with E-state index in [4.69, 9.17) is 0 Å². The number of thiazole rings is 1. The smallest absolute Gasteiger partial charge is 0.292 e. The number of benzene rings is 1. The Labute approximate surface area is 150 Å². The molecule has 3 aromatic rings. The topological polar surface area (TPSA) is 49.3 Å². The molecule has 9 heteroatoms. The van der Waals surface area contributed by atoms with Crippen LogP contribution in [0.4, 0.5) is 29.3 Å². The summed E-state index contributed by atoms with van der Waals surface area (Å²) in [6.45, 7) is 1.19. The molecule has 4 rings (SSSR count). The molecule has 2 aromatic heterocycles. The third-order valence-corrected chi connectivity index (χ3v) is 5.17. The van der Waals surface area contributed by atoms with Gasteiger partial charge in [0.2, 0.25) is 0 Å². The van der Waals surface area contributed by atoms with Gasteiger partial charge in [0.05, 0.1) is 34.2 Å². The summed E-state index contributed by atoms with van der Waals surface area (Å²) in [4.78, 5) is 22.9. The second-order valence-electron chi connectivity index (χ2n) is 5.99. The van der Waals surface area contributed by atoms with E-state index in [1.165, 1.54) is 23.7 Å². The molecule has 1 unspecified atom stereocenters. The Hall–Kier alpha value is -2.68. The summed E-state index contributed by atoms with van der Waals surface area (Å²) in [7, 11) is 0. The van der Waals surface area contributed by atoms with Crippen LogP contribution in [0.1, 0.15) is 5.56 Å². The maximum atomic E-state index is 13.6. The first-order valence-corrected chi connectivity index (χ1v) is 8.65. The van der Waals surface area contributed by atoms with Crippen molar-refractivity contribution in [3.05, 3.63) is 47.7 Å². The summed E-state index contributed by atoms with van der Waals surface area (Å²) in [5, 5.41) is 0. The molecule has 1 aromatic carbocycles. The van der Waals surface area contributed by atoms with Gasteiger partial charge in [-0.05, 0) is 36.8 Å². The molecule has 0 radical (unpaired) electrons. The number of rotatable bonds is 2. The van der Waals surface area contributed by atoms with Gasteiger partial charge in [-0.15, -0.1) is 11.3 Å². The van der Waals surface area contributed by atoms with E-state index in [1.807, 2.05) is 0 Å². The van der Waals surface area contributed by atoms with Crippen LogP contribution in [0.25, 0.3) is 10.2 Å². The molecule has 0 aliphatic carbocycles. The van der Waals surface area contributed by atoms with Gasteiger partial charge in [0, 0.05) is 11.9 Å². The van der Waals surface area contributed by atoms with Gasteiger partial charge in [-0.3, -0.25) is 14.8 Å². The summed E-state index contributed by atoms with van der Waals surface area (Å²) in [5.41, 5.74) is 3.55. The van der Waals surface area contributed by atoms with Gasteiger partial charge in [0.1, 0.15) is 0 Å². The highest BCUT2D eigenvalue weighted by Crippen LogP contribution is 2.38. The van der Waals surface area contributed by atoms with E-state index in [1.54, 1.807) is 36.7 Å². The number of aromatic nitrogens is 2. The lowest BCUT2D eigenvalue weighted by molar-refractivity contribution is -0.142. The third kappa shape index (κ3) is 2.68. The number of halogens is 3. The number of carbonyl (C=O) groups is 1. The Bertz CT molecular complexity index is 987. The Morgan fingerprint density at radius 3 is 2.81 bits per heavy atom. The summed E-state index contributed by atoms with van der Waals surface area (Å²) in [6, 6.07) is 3.95. The molecule has 1 fully saturated rings. The molecule has 1 aliphatic rings. The number of hydrogen-bond donors (Lipinski definition) is 0. The molecule has 5 nitrogen and oxygen atoms in total. The predicted molar refractivity (Wildman–Crippen MR) is 93.7 cm³/mol. The summed E-state index contributed by atoms with van der Waals surface area (Å²) < 4.78 is 41.7. The highest BCUT2D eigenvalue weighted by Gasteiger charge is 2.53. The molecular weight excluding hydrogens is 365 g/mol. The Morgan fingerprint density at radius 1 is 1.27 bits per heavy atom. The first-order chi connectivity index (χ1) is 12.4. The van der Waals surface area contributed by atoms with E-state index in [-0.39, 0.29) is 5.69 Å². The Morgan fingerprint density at radius 2 is 2.08 bits per heavy atom. The molecule has 0 saturated carbocycles. The number of nitrogens with zero attached hydrogens (tertiary/aromatic N) is 4. The molecule has 0 bridgehead atoms. The van der Waals surface area contributed by atoms with Crippen LogP contribution in [0.15, 0.2) is 42.2 Å². The fourth-order valence-corrected chi connectivity index (χ4v) is 3.76. The van der Waals surface area contributed by atoms with Crippen LogP contribution in [-0.2, 0) is 0 Å². The van der Waals surface area contributed by atoms with E-state index in [0.29, 0.717) is 11.3 Å². The molecule has 0 spiro atoms. The summed E-state index contributed by atoms with van der Waals surface area (Å²) in [6.07, 6.45) is -1.78. The van der Waals surface area contributed by atoms with Crippen LogP contribution in [0, 0.1) is 6.92 Å². The quantitative estimate of drug-likeness (QED) is 0.665. The van der Waals surface area contributed by atoms with Gasteiger partial charge in [-0.25, -0.2) is 9.78 Å². The van der Waals surface area contributed by atoms with Crippen LogP contribution in [0.5, 0.6) is 0 Å². The number of anilines is 2. The van der Waals surface area contributed by atoms with Gasteiger partial charge in [0.15, 0.2) is 6.04 Å². The van der Waals surface area contributed by atoms with Crippen LogP contribution in [0.3, 0.4) is 0 Å². The zero-order chi connectivity index (χ0) is 18.5. The molecule has 1 atom stereocenters. The number of hydrogen-bond acceptors (Lipinski definition) is 4. The standard InChI is InChI=1S/C17H13F3N4OS/c1-10-4-5-21-7-13(10)24-15(17(18,19)20)8-23(16(24)25)11-2-3-12-14(6-11)26-9-22-12/h2-7,9,15H,8H2,1H3. The first kappa shape index (κ1) is 16.8. The average Bonchev–Trinajstić information content (AvgIpc) is 3.18. The molecule has 0 N–H and O–H groups in total. The lowest BCUT2D eigenvalue weighted by Crippen LogP contribution is -2.44. The number of pyridine rings is 1. The van der Waals surface area contributed by atoms with Crippen molar-refractivity contribution < 1.29 is 18.0 Å². The Kier molecular flexibility index (Phi) is 3.83. The van der Waals surface area contributed by atoms with Crippen molar-refractivity contribution in [3.8, 4) is 0 Å². The minimum Gasteiger partial charge on any atom is -0.292 e. The van der Waals surface area contributed by atoms with Crippen molar-refractivity contribution in [3.63, 3.8) is 0 Å². The number of carbonyl (C=O) groups excluding carboxylic acids is 1. The van der Waals surface area contributed by atoms with Crippen molar-refractivity contribution in [2.45, 2.75) is 19.1 Å². The zero-order valence-corrected chi connectivity index (χ0v) is 14.4. The SMILES string of the molecule is Cc1ccncc1N1C(=O)N(c2ccc3ncsc3c2)CC1C(F)(F)F. The number of alkyl halides is 3. The third-order valence-electron chi connectivity index (χ3n) is 4.38. The lowest BCUT2D eigenvalue weighted by atomic mass is 10.2. The van der Waals surface area contributed by atoms with Crippen molar-refractivity contribution in [1.82, 2.24) is 9.97 Å². The van der Waals surface area contributed by atoms with Gasteiger partial charge >= 0.3 is 12.2 Å². The molecule has 26 heavy (non-hydrogen) atoms. The minimum atomic E-state index is -4.55. The highest BCUT2D eigenvalue weighted by atomic mass is 32.1. The van der Waals surface area contributed by atoms with Gasteiger partial charge in [-0.1, -0.05) is 0 Å². The summed E-state index contributed by atoms with van der Waals surface area (Å²) >= 11 is 1.37. The van der Waals surface area contributed by atoms with Crippen LogP contribution in [-0.4, -0.2) is 34.8 Å². The number of amides is 2. The maximum absolute atomic E-state index is 13.6. The van der Waals surface area contributed by atoms with E-state index >= 15 is 0 Å². The predicted octanol–water partition coefficient (Wildman–Crippen LogP) is 4.38. The second kappa shape index (κ2) is 5.94. The first-order valence-electron chi connectivity index (χ1n) is 7.77. The van der Waals surface area contributed by atoms with E-state index < -0.39 is 24.8 Å². The normalized spacial score (nSPS) is 18.2. The lowest BCUT2D eigenvalue weighted by Gasteiger charge is -2.25. The molecule has 3 heterocycles. The monoisotopic (exact) mass is 378 g/mol. The molecular formula is C17H13F3N4OS. The molecule has 134 valence electrons. The van der Waals surface area contributed by atoms with Crippen molar-refractivity contribution >= 4 is 39.0 Å². The van der Waals surface area contributed by atoms with Crippen LogP contribution < -0.4 is 9.80 Å². The van der Waals surface area contributed by atoms with Gasteiger partial charge < -0.3 is 0 Å². The highest BCUT2D eigenvalue weighted by molar-refractivity contribution is 7.16. The molecule has 1 saturated heterocycles. The number of urea groups is 1. The van der Waals surface area contributed by atoms with Gasteiger partial charge in [0.25, 0.3) is 0 Å². The largest absolute Gasteiger partial charge is 0.411 e. The second-order valence-corrected chi connectivity index (χ2v) is 6.87. The van der Waals surface area contributed by atoms with Crippen LogP contribution >= 0.6 is 11.3 Å². The number of aryl methyl sites for hydroxylation is 1. The molecule has 1 aliphatic heterocycles. The Balaban J connectivity index is 1.78. The van der Waals surface area contributed by atoms with Crippen molar-refractivity contribution in [2.24, 2.45) is 0 Å². The van der Waals surface area contributed by atoms with E-state index in [9.17, 15) is 18.0 Å². The minimum absolute atomic E-state index is 0.168. The maximum Gasteiger partial charge on any atom is 0.411 e. The van der Waals surface area contributed by atoms with E-state index in [0.717, 1.165) is 20.0 Å². The average molecular weight is 378 g/mol. The van der Waals surface area contributed by atoms with Crippen LogP contribution in [0.2, 0.25) is 0 Å². The fourth-order valence-electron chi connectivity index (χ4n) is 3.05. The zero-order valence-electron chi connectivity index (χ0n) is 13.6. The fraction of sp³-hybridized carbons (Fsp3) is 0.235. The van der Waals surface area contributed by atoms with Crippen molar-refractivity contribution in [2.75, 3.05) is 16.3 Å².